The third kappa shape index (κ3) is 6.86. The number of hydrogen-bond acceptors (Lipinski definition) is 8. The first kappa shape index (κ1) is 28.6. The second-order valence-corrected chi connectivity index (χ2v) is 10.6. The van der Waals surface area contributed by atoms with E-state index in [0.29, 0.717) is 17.5 Å². The van der Waals surface area contributed by atoms with Crippen LogP contribution in [0.3, 0.4) is 0 Å². The molecule has 13 heteroatoms. The van der Waals surface area contributed by atoms with Gasteiger partial charge < -0.3 is 25.4 Å². The molecule has 38 heavy (non-hydrogen) atoms. The van der Waals surface area contributed by atoms with Gasteiger partial charge in [0.2, 0.25) is 15.9 Å². The van der Waals surface area contributed by atoms with Gasteiger partial charge in [-0.3, -0.25) is 15.0 Å². The van der Waals surface area contributed by atoms with Gasteiger partial charge in [0.15, 0.2) is 0 Å². The van der Waals surface area contributed by atoms with Crippen molar-refractivity contribution in [1.29, 1.82) is 5.41 Å². The molecule has 0 spiro atoms. The molecule has 5 N–H and O–H groups in total. The van der Waals surface area contributed by atoms with E-state index < -0.39 is 40.1 Å². The smallest absolute Gasteiger partial charge is 0.410 e. The van der Waals surface area contributed by atoms with Crippen LogP contribution in [0, 0.1) is 12.3 Å². The quantitative estimate of drug-likeness (QED) is 0.195. The fourth-order valence-corrected chi connectivity index (χ4v) is 5.53. The Bertz CT molecular complexity index is 1310. The van der Waals surface area contributed by atoms with Crippen LogP contribution in [-0.4, -0.2) is 70.0 Å². The molecule has 12 nitrogen and oxygen atoms in total. The Kier molecular flexibility index (Phi) is 9.07. The number of carbonyl (C=O) groups is 3. The lowest BCUT2D eigenvalue weighted by molar-refractivity contribution is -0.142. The zero-order valence-electron chi connectivity index (χ0n) is 21.3. The summed E-state index contributed by atoms with van der Waals surface area (Å²) in [5.74, 6) is -1.49. The average molecular weight is 546 g/mol. The molecule has 1 aliphatic rings. The molecule has 0 radical (unpaired) electrons. The predicted molar refractivity (Wildman–Crippen MR) is 138 cm³/mol. The molecule has 3 atom stereocenters. The summed E-state index contributed by atoms with van der Waals surface area (Å²) in [5, 5.41) is 10.0. The molecule has 2 aromatic carbocycles. The number of nitrogens with one attached hydrogen (secondary N) is 3. The van der Waals surface area contributed by atoms with E-state index in [1.807, 2.05) is 0 Å². The van der Waals surface area contributed by atoms with Gasteiger partial charge >= 0.3 is 12.1 Å². The standard InChI is InChI=1S/C25H31N5O7S/c1-15-6-4-5-7-21(15)38(34,35)29-19(24(32)36-3)14-28-22(31)13-18-12-20(30(2)25(33)37-18)16-8-10-17(11-9-16)23(26)27/h4-11,18-20,29H,12-14H2,1-3H3,(H3,26,27)(H,28,31)/t18-,19+,20+/m1/s1. The Hall–Kier alpha value is -3.97. The maximum absolute atomic E-state index is 12.8. The summed E-state index contributed by atoms with van der Waals surface area (Å²) in [5.41, 5.74) is 7.32. The number of amides is 2. The number of benzene rings is 2. The van der Waals surface area contributed by atoms with E-state index in [-0.39, 0.29) is 29.7 Å². The number of aryl methyl sites for hydroxylation is 1. The van der Waals surface area contributed by atoms with Crippen LogP contribution in [0.1, 0.15) is 35.6 Å². The van der Waals surface area contributed by atoms with Crippen molar-refractivity contribution in [3.63, 3.8) is 0 Å². The number of hydrogen-bond donors (Lipinski definition) is 4. The van der Waals surface area contributed by atoms with Crippen LogP contribution >= 0.6 is 0 Å². The maximum atomic E-state index is 12.8. The number of rotatable bonds is 10. The topological polar surface area (TPSA) is 181 Å². The molecule has 3 rings (SSSR count). The van der Waals surface area contributed by atoms with Gasteiger partial charge in [0.25, 0.3) is 0 Å². The molecule has 1 fully saturated rings. The largest absolute Gasteiger partial charge is 0.468 e. The number of sulfonamides is 1. The Morgan fingerprint density at radius 1 is 1.21 bits per heavy atom. The third-order valence-electron chi connectivity index (χ3n) is 6.20. The highest BCUT2D eigenvalue weighted by molar-refractivity contribution is 7.89. The lowest BCUT2D eigenvalue weighted by Crippen LogP contribution is -2.49. The summed E-state index contributed by atoms with van der Waals surface area (Å²) in [6.07, 6.45) is -1.24. The minimum Gasteiger partial charge on any atom is -0.468 e. The van der Waals surface area contributed by atoms with E-state index in [1.165, 1.54) is 11.0 Å². The van der Waals surface area contributed by atoms with Crippen LogP contribution in [-0.2, 0) is 29.1 Å². The number of methoxy groups -OCH3 is 1. The molecular formula is C25H31N5O7S. The third-order valence-corrected chi connectivity index (χ3v) is 7.83. The zero-order valence-corrected chi connectivity index (χ0v) is 22.1. The average Bonchev–Trinajstić information content (AvgIpc) is 2.88. The molecule has 0 aliphatic carbocycles. The molecule has 1 heterocycles. The second-order valence-electron chi connectivity index (χ2n) is 8.87. The number of esters is 1. The van der Waals surface area contributed by atoms with Gasteiger partial charge in [-0.25, -0.2) is 13.2 Å². The highest BCUT2D eigenvalue weighted by Crippen LogP contribution is 2.32. The maximum Gasteiger partial charge on any atom is 0.410 e. The molecular weight excluding hydrogens is 514 g/mol. The van der Waals surface area contributed by atoms with Crippen molar-refractivity contribution >= 4 is 33.8 Å². The number of nitrogens with two attached hydrogens (primary N) is 1. The summed E-state index contributed by atoms with van der Waals surface area (Å²) in [6, 6.07) is 11.4. The second kappa shape index (κ2) is 12.0. The van der Waals surface area contributed by atoms with Crippen molar-refractivity contribution < 1.29 is 32.3 Å². The molecule has 2 amide bonds. The van der Waals surface area contributed by atoms with Crippen molar-refractivity contribution in [2.75, 3.05) is 20.7 Å². The lowest BCUT2D eigenvalue weighted by Gasteiger charge is -2.36. The predicted octanol–water partition coefficient (Wildman–Crippen LogP) is 1.19. The van der Waals surface area contributed by atoms with Crippen LogP contribution in [0.2, 0.25) is 0 Å². The normalized spacial score (nSPS) is 18.3. The molecule has 2 aromatic rings. The minimum atomic E-state index is -4.08. The van der Waals surface area contributed by atoms with E-state index in [4.69, 9.17) is 20.6 Å². The Morgan fingerprint density at radius 3 is 2.47 bits per heavy atom. The van der Waals surface area contributed by atoms with Gasteiger partial charge in [-0.05, 0) is 24.1 Å². The molecule has 0 bridgehead atoms. The van der Waals surface area contributed by atoms with Crippen molar-refractivity contribution in [3.05, 3.63) is 65.2 Å². The molecule has 0 aromatic heterocycles. The summed E-state index contributed by atoms with van der Waals surface area (Å²) < 4.78 is 38.0. The van der Waals surface area contributed by atoms with Crippen molar-refractivity contribution in [3.8, 4) is 0 Å². The van der Waals surface area contributed by atoms with Gasteiger partial charge in [0, 0.05) is 25.6 Å². The van der Waals surface area contributed by atoms with Crippen LogP contribution in [0.5, 0.6) is 0 Å². The number of cyclic esters (lactones) is 1. The van der Waals surface area contributed by atoms with E-state index in [2.05, 4.69) is 10.0 Å². The van der Waals surface area contributed by atoms with E-state index in [9.17, 15) is 22.8 Å². The number of carbonyl (C=O) groups excluding carboxylic acids is 3. The molecule has 0 unspecified atom stereocenters. The molecule has 204 valence electrons. The Balaban J connectivity index is 1.64. The van der Waals surface area contributed by atoms with Crippen LogP contribution < -0.4 is 15.8 Å². The summed E-state index contributed by atoms with van der Waals surface area (Å²) in [7, 11) is -1.38. The van der Waals surface area contributed by atoms with Gasteiger partial charge in [-0.1, -0.05) is 42.5 Å². The van der Waals surface area contributed by atoms with Crippen molar-refractivity contribution in [2.45, 2.75) is 42.8 Å². The van der Waals surface area contributed by atoms with Crippen LogP contribution in [0.4, 0.5) is 4.79 Å². The number of amidine groups is 1. The number of ether oxygens (including phenoxy) is 2. The van der Waals surface area contributed by atoms with Crippen LogP contribution in [0.25, 0.3) is 0 Å². The lowest BCUT2D eigenvalue weighted by atomic mass is 9.95. The number of nitrogen functional groups attached to an aromatic ring is 1. The highest BCUT2D eigenvalue weighted by Gasteiger charge is 2.35. The fraction of sp³-hybridized carbons (Fsp3) is 0.360. The summed E-state index contributed by atoms with van der Waals surface area (Å²) in [6.45, 7) is 1.25. The van der Waals surface area contributed by atoms with Crippen molar-refractivity contribution in [2.24, 2.45) is 5.73 Å². The molecule has 1 saturated heterocycles. The zero-order chi connectivity index (χ0) is 28.0. The first-order valence-corrected chi connectivity index (χ1v) is 13.2. The highest BCUT2D eigenvalue weighted by atomic mass is 32.2. The van der Waals surface area contributed by atoms with Gasteiger partial charge in [0.05, 0.1) is 24.5 Å². The van der Waals surface area contributed by atoms with Gasteiger partial charge in [-0.2, -0.15) is 4.72 Å². The SMILES string of the molecule is COC(=O)[C@H](CNC(=O)C[C@H]1C[C@@H](c2ccc(C(=N)N)cc2)N(C)C(=O)O1)NS(=O)(=O)c1ccccc1C. The Morgan fingerprint density at radius 2 is 1.87 bits per heavy atom. The van der Waals surface area contributed by atoms with Crippen LogP contribution in [0.15, 0.2) is 53.4 Å². The summed E-state index contributed by atoms with van der Waals surface area (Å²) in [4.78, 5) is 38.8. The van der Waals surface area contributed by atoms with Crippen molar-refractivity contribution in [1.82, 2.24) is 14.9 Å². The molecule has 1 aliphatic heterocycles. The van der Waals surface area contributed by atoms with E-state index >= 15 is 0 Å². The van der Waals surface area contributed by atoms with Gasteiger partial charge in [-0.15, -0.1) is 0 Å². The summed E-state index contributed by atoms with van der Waals surface area (Å²) >= 11 is 0. The fourth-order valence-electron chi connectivity index (χ4n) is 4.10. The van der Waals surface area contributed by atoms with E-state index in [0.717, 1.165) is 12.7 Å². The molecule has 0 saturated carbocycles. The first-order valence-electron chi connectivity index (χ1n) is 11.7. The minimum absolute atomic E-state index is 0.000782. The monoisotopic (exact) mass is 545 g/mol. The Labute approximate surface area is 221 Å². The van der Waals surface area contributed by atoms with E-state index in [1.54, 1.807) is 56.4 Å². The number of nitrogens with zero attached hydrogens (tertiary/aromatic N) is 1. The van der Waals surface area contributed by atoms with Gasteiger partial charge in [0.1, 0.15) is 18.0 Å². The first-order chi connectivity index (χ1) is 17.9.